The van der Waals surface area contributed by atoms with Crippen LogP contribution in [0.1, 0.15) is 47.3 Å². The van der Waals surface area contributed by atoms with Crippen LogP contribution < -0.4 is 4.90 Å². The number of aryl methyl sites for hydroxylation is 2. The minimum absolute atomic E-state index is 0.0920. The molecule has 1 fully saturated rings. The predicted molar refractivity (Wildman–Crippen MR) is 142 cm³/mol. The summed E-state index contributed by atoms with van der Waals surface area (Å²) in [7, 11) is 0. The van der Waals surface area contributed by atoms with Gasteiger partial charge in [0.1, 0.15) is 0 Å². The summed E-state index contributed by atoms with van der Waals surface area (Å²) in [5.41, 5.74) is 7.63. The van der Waals surface area contributed by atoms with Crippen molar-refractivity contribution in [2.45, 2.75) is 49.9 Å². The van der Waals surface area contributed by atoms with E-state index >= 15 is 0 Å². The van der Waals surface area contributed by atoms with Gasteiger partial charge in [-0.25, -0.2) is 0 Å². The Kier molecular flexibility index (Phi) is 6.22. The van der Waals surface area contributed by atoms with E-state index in [9.17, 15) is 4.79 Å². The summed E-state index contributed by atoms with van der Waals surface area (Å²) in [5, 5.41) is 0. The Morgan fingerprint density at radius 2 is 1.79 bits per heavy atom. The lowest BCUT2D eigenvalue weighted by molar-refractivity contribution is 0.0726. The Bertz CT molecular complexity index is 1280. The zero-order valence-corrected chi connectivity index (χ0v) is 21.2. The van der Waals surface area contributed by atoms with Gasteiger partial charge in [-0.3, -0.25) is 9.79 Å². The minimum atomic E-state index is 0.0920. The second-order valence-electron chi connectivity index (χ2n) is 9.33. The quantitative estimate of drug-likeness (QED) is 0.431. The molecule has 1 saturated heterocycles. The molecule has 1 amide bonds. The fourth-order valence-corrected chi connectivity index (χ4v) is 5.90. The third kappa shape index (κ3) is 4.37. The molecule has 4 nitrogen and oxygen atoms in total. The lowest BCUT2D eigenvalue weighted by Crippen LogP contribution is -2.53. The molecule has 0 unspecified atom stereocenters. The van der Waals surface area contributed by atoms with Crippen LogP contribution in [0.3, 0.4) is 0 Å². The van der Waals surface area contributed by atoms with Gasteiger partial charge in [0.05, 0.1) is 5.69 Å². The number of hydrogen-bond acceptors (Lipinski definition) is 4. The maximum atomic E-state index is 13.5. The molecule has 5 rings (SSSR count). The summed E-state index contributed by atoms with van der Waals surface area (Å²) in [6.45, 7) is 10.9. The van der Waals surface area contributed by atoms with Gasteiger partial charge in [0, 0.05) is 58.0 Å². The fourth-order valence-electron chi connectivity index (χ4n) is 4.89. The smallest absolute Gasteiger partial charge is 0.254 e. The van der Waals surface area contributed by atoms with Gasteiger partial charge in [0.15, 0.2) is 0 Å². The Balaban J connectivity index is 1.38. The van der Waals surface area contributed by atoms with Crippen molar-refractivity contribution in [3.05, 3.63) is 82.9 Å². The van der Waals surface area contributed by atoms with Crippen LogP contribution in [-0.4, -0.2) is 42.2 Å². The highest BCUT2D eigenvalue weighted by Gasteiger charge is 2.28. The number of amides is 1. The largest absolute Gasteiger partial charge is 0.365 e. The van der Waals surface area contributed by atoms with E-state index in [-0.39, 0.29) is 11.9 Å². The van der Waals surface area contributed by atoms with Crippen LogP contribution >= 0.6 is 11.8 Å². The van der Waals surface area contributed by atoms with Crippen LogP contribution in [0.15, 0.2) is 75.4 Å². The highest BCUT2D eigenvalue weighted by atomic mass is 32.2. The SMILES string of the molecule is CCC1=Nc2cc(C(=O)N3CCN(c4cccc(C)c4)[C@@H](C)C3)ccc2Sc2ccc(C)cc21. The first kappa shape index (κ1) is 22.7. The van der Waals surface area contributed by atoms with Crippen LogP contribution in [0.4, 0.5) is 11.4 Å². The van der Waals surface area contributed by atoms with Crippen molar-refractivity contribution in [3.63, 3.8) is 0 Å². The first-order valence-electron chi connectivity index (χ1n) is 12.1. The lowest BCUT2D eigenvalue weighted by atomic mass is 10.0. The molecule has 0 radical (unpaired) electrons. The molecule has 3 aromatic carbocycles. The summed E-state index contributed by atoms with van der Waals surface area (Å²) in [6.07, 6.45) is 0.854. The van der Waals surface area contributed by atoms with Gasteiger partial charge in [-0.05, 0) is 75.2 Å². The molecule has 5 heteroatoms. The molecule has 34 heavy (non-hydrogen) atoms. The van der Waals surface area contributed by atoms with Crippen LogP contribution in [0.2, 0.25) is 0 Å². The maximum Gasteiger partial charge on any atom is 0.254 e. The standard InChI is InChI=1S/C29H31N3OS/c1-5-25-24-16-20(3)9-11-27(24)34-28-12-10-22(17-26(28)30-25)29(33)31-13-14-32(21(4)18-31)23-8-6-7-19(2)15-23/h6-12,15-17,21H,5,13-14,18H2,1-4H3/t21-/m0/s1. The Morgan fingerprint density at radius 3 is 2.56 bits per heavy atom. The van der Waals surface area contributed by atoms with E-state index in [1.54, 1.807) is 11.8 Å². The molecule has 2 heterocycles. The highest BCUT2D eigenvalue weighted by Crippen LogP contribution is 2.41. The second-order valence-corrected chi connectivity index (χ2v) is 10.4. The molecule has 0 spiro atoms. The van der Waals surface area contributed by atoms with Crippen LogP contribution in [-0.2, 0) is 0 Å². The number of carbonyl (C=O) groups excluding carboxylic acids is 1. The number of piperazine rings is 1. The maximum absolute atomic E-state index is 13.5. The van der Waals surface area contributed by atoms with Crippen LogP contribution in [0, 0.1) is 13.8 Å². The lowest BCUT2D eigenvalue weighted by Gasteiger charge is -2.41. The average molecular weight is 470 g/mol. The molecule has 3 aromatic rings. The van der Waals surface area contributed by atoms with E-state index in [1.807, 2.05) is 17.0 Å². The number of anilines is 1. The van der Waals surface area contributed by atoms with E-state index in [0.717, 1.165) is 41.4 Å². The zero-order chi connectivity index (χ0) is 23.8. The first-order chi connectivity index (χ1) is 16.4. The van der Waals surface area contributed by atoms with E-state index in [1.165, 1.54) is 27.3 Å². The minimum Gasteiger partial charge on any atom is -0.365 e. The van der Waals surface area contributed by atoms with Gasteiger partial charge < -0.3 is 9.80 Å². The summed E-state index contributed by atoms with van der Waals surface area (Å²) in [4.78, 5) is 25.2. The first-order valence-corrected chi connectivity index (χ1v) is 12.9. The van der Waals surface area contributed by atoms with E-state index < -0.39 is 0 Å². The number of aliphatic imine (C=N–C) groups is 1. The van der Waals surface area contributed by atoms with Gasteiger partial charge in [-0.15, -0.1) is 0 Å². The molecular weight excluding hydrogens is 438 g/mol. The molecule has 0 saturated carbocycles. The summed E-state index contributed by atoms with van der Waals surface area (Å²) < 4.78 is 0. The second kappa shape index (κ2) is 9.30. The Morgan fingerprint density at radius 1 is 1.00 bits per heavy atom. The Labute approximate surface area is 206 Å². The van der Waals surface area contributed by atoms with Crippen molar-refractivity contribution in [1.82, 2.24) is 4.90 Å². The van der Waals surface area contributed by atoms with Crippen LogP contribution in [0.5, 0.6) is 0 Å². The third-order valence-corrected chi connectivity index (χ3v) is 7.85. The third-order valence-electron chi connectivity index (χ3n) is 6.71. The molecule has 174 valence electrons. The van der Waals surface area contributed by atoms with E-state index in [4.69, 9.17) is 4.99 Å². The highest BCUT2D eigenvalue weighted by molar-refractivity contribution is 7.99. The normalized spacial score (nSPS) is 17.5. The van der Waals surface area contributed by atoms with E-state index in [2.05, 4.69) is 81.1 Å². The summed E-state index contributed by atoms with van der Waals surface area (Å²) in [5.74, 6) is 0.0920. The monoisotopic (exact) mass is 469 g/mol. The zero-order valence-electron chi connectivity index (χ0n) is 20.3. The van der Waals surface area contributed by atoms with Crippen molar-refractivity contribution in [3.8, 4) is 0 Å². The summed E-state index contributed by atoms with van der Waals surface area (Å²) in [6, 6.07) is 21.4. The molecular formula is C29H31N3OS. The molecule has 0 aromatic heterocycles. The van der Waals surface area contributed by atoms with Crippen molar-refractivity contribution in [1.29, 1.82) is 0 Å². The van der Waals surface area contributed by atoms with Gasteiger partial charge in [0.2, 0.25) is 0 Å². The number of benzene rings is 3. The fraction of sp³-hybridized carbons (Fsp3) is 0.310. The van der Waals surface area contributed by atoms with Gasteiger partial charge in [-0.2, -0.15) is 0 Å². The molecule has 0 N–H and O–H groups in total. The van der Waals surface area contributed by atoms with E-state index in [0.29, 0.717) is 6.54 Å². The molecule has 1 atom stereocenters. The predicted octanol–water partition coefficient (Wildman–Crippen LogP) is 6.65. The van der Waals surface area contributed by atoms with Crippen LogP contribution in [0.25, 0.3) is 0 Å². The summed E-state index contributed by atoms with van der Waals surface area (Å²) >= 11 is 1.74. The van der Waals surface area contributed by atoms with Crippen molar-refractivity contribution < 1.29 is 4.79 Å². The van der Waals surface area contributed by atoms with Crippen molar-refractivity contribution in [2.75, 3.05) is 24.5 Å². The number of hydrogen-bond donors (Lipinski definition) is 0. The van der Waals surface area contributed by atoms with Gasteiger partial charge >= 0.3 is 0 Å². The number of nitrogens with zero attached hydrogens (tertiary/aromatic N) is 3. The molecule has 2 aliphatic rings. The topological polar surface area (TPSA) is 35.9 Å². The number of rotatable bonds is 3. The van der Waals surface area contributed by atoms with Crippen molar-refractivity contribution >= 4 is 34.8 Å². The number of fused-ring (bicyclic) bond motifs is 2. The average Bonchev–Trinajstić information content (AvgIpc) is 2.99. The van der Waals surface area contributed by atoms with Gasteiger partial charge in [-0.1, -0.05) is 42.4 Å². The molecule has 0 aliphatic carbocycles. The van der Waals surface area contributed by atoms with Gasteiger partial charge in [0.25, 0.3) is 5.91 Å². The molecule has 0 bridgehead atoms. The number of carbonyl (C=O) groups is 1. The Hall–Kier alpha value is -3.05. The van der Waals surface area contributed by atoms with Crippen molar-refractivity contribution in [2.24, 2.45) is 4.99 Å². The molecule has 2 aliphatic heterocycles.